The number of hydrogen-bond acceptors (Lipinski definition) is 4. The van der Waals surface area contributed by atoms with Crippen LogP contribution in [0.5, 0.6) is 0 Å². The largest absolute Gasteiger partial charge is 0.479 e. The Morgan fingerprint density at radius 3 is 2.28 bits per heavy atom. The van der Waals surface area contributed by atoms with E-state index >= 15 is 0 Å². The first-order chi connectivity index (χ1) is 8.67. The number of alkyl carbamates (subject to hydrolysis) is 1. The van der Waals surface area contributed by atoms with E-state index in [9.17, 15) is 4.79 Å². The summed E-state index contributed by atoms with van der Waals surface area (Å²) in [6.07, 6.45) is 3.96. The first-order valence-electron chi connectivity index (χ1n) is 6.17. The highest BCUT2D eigenvalue weighted by Gasteiger charge is 2.17. The van der Waals surface area contributed by atoms with Gasteiger partial charge in [-0.3, -0.25) is 5.32 Å². The predicted octanol–water partition coefficient (Wildman–Crippen LogP) is 3.29. The molecule has 18 heavy (non-hydrogen) atoms. The Bertz CT molecular complexity index is 231. The second kappa shape index (κ2) is 10.5. The zero-order chi connectivity index (χ0) is 13.8. The van der Waals surface area contributed by atoms with Gasteiger partial charge in [-0.2, -0.15) is 0 Å². The van der Waals surface area contributed by atoms with E-state index in [-0.39, 0.29) is 0 Å². The van der Waals surface area contributed by atoms with Crippen molar-refractivity contribution in [1.29, 1.82) is 0 Å². The third-order valence-corrected chi connectivity index (χ3v) is 2.10. The molecular formula is C13H23NO4. The maximum absolute atomic E-state index is 11.6. The Morgan fingerprint density at radius 2 is 1.78 bits per heavy atom. The summed E-state index contributed by atoms with van der Waals surface area (Å²) in [7, 11) is 0. The summed E-state index contributed by atoms with van der Waals surface area (Å²) in [6.45, 7) is 10.9. The molecule has 0 radical (unpaired) electrons. The third-order valence-electron chi connectivity index (χ3n) is 2.10. The van der Waals surface area contributed by atoms with Crippen LogP contribution in [0.25, 0.3) is 0 Å². The predicted molar refractivity (Wildman–Crippen MR) is 69.6 cm³/mol. The van der Waals surface area contributed by atoms with Gasteiger partial charge >= 0.3 is 6.09 Å². The molecule has 0 heterocycles. The summed E-state index contributed by atoms with van der Waals surface area (Å²) in [5.41, 5.74) is 0. The number of carbonyl (C=O) groups is 1. The molecule has 0 saturated carbocycles. The molecule has 1 amide bonds. The Hall–Kier alpha value is -1.65. The molecule has 0 aromatic heterocycles. The van der Waals surface area contributed by atoms with Gasteiger partial charge in [-0.05, 0) is 6.42 Å². The summed E-state index contributed by atoms with van der Waals surface area (Å²) >= 11 is 0. The van der Waals surface area contributed by atoms with Gasteiger partial charge in [-0.1, -0.05) is 33.4 Å². The van der Waals surface area contributed by atoms with E-state index in [4.69, 9.17) is 14.2 Å². The molecule has 0 aliphatic carbocycles. The van der Waals surface area contributed by atoms with Gasteiger partial charge in [-0.15, -0.1) is 0 Å². The Morgan fingerprint density at radius 1 is 1.17 bits per heavy atom. The lowest BCUT2D eigenvalue weighted by atomic mass is 10.3. The van der Waals surface area contributed by atoms with Gasteiger partial charge in [0.15, 0.2) is 6.23 Å². The van der Waals surface area contributed by atoms with E-state index in [0.29, 0.717) is 12.8 Å². The molecule has 0 aliphatic rings. The molecule has 0 aromatic carbocycles. The summed E-state index contributed by atoms with van der Waals surface area (Å²) in [5, 5.41) is 2.60. The van der Waals surface area contributed by atoms with Crippen LogP contribution in [0, 0.1) is 0 Å². The van der Waals surface area contributed by atoms with Crippen molar-refractivity contribution < 1.29 is 19.0 Å². The maximum atomic E-state index is 11.6. The van der Waals surface area contributed by atoms with Gasteiger partial charge in [-0.25, -0.2) is 4.79 Å². The van der Waals surface area contributed by atoms with Crippen LogP contribution in [0.1, 0.15) is 39.5 Å². The van der Waals surface area contributed by atoms with E-state index < -0.39 is 18.6 Å². The van der Waals surface area contributed by atoms with Crippen molar-refractivity contribution in [1.82, 2.24) is 5.32 Å². The van der Waals surface area contributed by atoms with E-state index in [1.807, 2.05) is 13.8 Å². The molecule has 0 rings (SSSR count). The first kappa shape index (κ1) is 16.4. The highest BCUT2D eigenvalue weighted by molar-refractivity contribution is 5.67. The molecule has 0 bridgehead atoms. The summed E-state index contributed by atoms with van der Waals surface area (Å²) in [4.78, 5) is 11.6. The molecule has 2 atom stereocenters. The number of rotatable bonds is 10. The van der Waals surface area contributed by atoms with Crippen LogP contribution in [-0.2, 0) is 14.2 Å². The van der Waals surface area contributed by atoms with Crippen LogP contribution < -0.4 is 5.32 Å². The fraction of sp³-hybridized carbons (Fsp3) is 0.615. The fourth-order valence-electron chi connectivity index (χ4n) is 1.34. The minimum Gasteiger partial charge on any atom is -0.479 e. The standard InChI is InChI=1S/C13H23NO4/c1-5-9-11(16-7-3)14-13(15)18-12(10-6-2)17-8-4/h7-8,11-12H,3-6,9-10H2,1-2H3,(H,14,15). The number of hydrogen-bond donors (Lipinski definition) is 1. The number of amides is 1. The molecule has 0 aliphatic heterocycles. The molecule has 0 spiro atoms. The zero-order valence-corrected chi connectivity index (χ0v) is 11.2. The van der Waals surface area contributed by atoms with Crippen LogP contribution in [0.4, 0.5) is 4.79 Å². The van der Waals surface area contributed by atoms with Crippen LogP contribution >= 0.6 is 0 Å². The molecule has 0 saturated heterocycles. The van der Waals surface area contributed by atoms with Crippen LogP contribution in [-0.4, -0.2) is 18.6 Å². The topological polar surface area (TPSA) is 56.8 Å². The summed E-state index contributed by atoms with van der Waals surface area (Å²) < 4.78 is 15.3. The molecule has 0 aromatic rings. The molecule has 5 nitrogen and oxygen atoms in total. The monoisotopic (exact) mass is 257 g/mol. The van der Waals surface area contributed by atoms with E-state index in [1.54, 1.807) is 0 Å². The van der Waals surface area contributed by atoms with Crippen molar-refractivity contribution in [3.8, 4) is 0 Å². The van der Waals surface area contributed by atoms with E-state index in [2.05, 4.69) is 18.5 Å². The highest BCUT2D eigenvalue weighted by atomic mass is 16.7. The van der Waals surface area contributed by atoms with Gasteiger partial charge in [0.2, 0.25) is 6.29 Å². The molecular weight excluding hydrogens is 234 g/mol. The van der Waals surface area contributed by atoms with Gasteiger partial charge in [0.25, 0.3) is 0 Å². The van der Waals surface area contributed by atoms with Crippen molar-refractivity contribution in [2.24, 2.45) is 0 Å². The van der Waals surface area contributed by atoms with Crippen molar-refractivity contribution in [3.63, 3.8) is 0 Å². The smallest absolute Gasteiger partial charge is 0.413 e. The van der Waals surface area contributed by atoms with E-state index in [1.165, 1.54) is 12.5 Å². The summed E-state index contributed by atoms with van der Waals surface area (Å²) in [5.74, 6) is 0. The molecule has 5 heteroatoms. The summed E-state index contributed by atoms with van der Waals surface area (Å²) in [6, 6.07) is 0. The Labute approximate surface area is 109 Å². The second-order valence-corrected chi connectivity index (χ2v) is 3.65. The zero-order valence-electron chi connectivity index (χ0n) is 11.2. The molecule has 2 unspecified atom stereocenters. The van der Waals surface area contributed by atoms with Gasteiger partial charge in [0, 0.05) is 12.8 Å². The SMILES string of the molecule is C=COC(CCC)NC(=O)OC(CCC)OC=C. The minimum atomic E-state index is -0.612. The van der Waals surface area contributed by atoms with Crippen molar-refractivity contribution in [2.45, 2.75) is 52.0 Å². The second-order valence-electron chi connectivity index (χ2n) is 3.65. The third kappa shape index (κ3) is 7.60. The number of nitrogens with one attached hydrogen (secondary N) is 1. The molecule has 104 valence electrons. The van der Waals surface area contributed by atoms with Gasteiger partial charge < -0.3 is 14.2 Å². The van der Waals surface area contributed by atoms with Gasteiger partial charge in [0.05, 0.1) is 12.5 Å². The van der Waals surface area contributed by atoms with E-state index in [0.717, 1.165) is 12.8 Å². The van der Waals surface area contributed by atoms with Crippen molar-refractivity contribution in [2.75, 3.05) is 0 Å². The quantitative estimate of drug-likeness (QED) is 0.482. The fourth-order valence-corrected chi connectivity index (χ4v) is 1.34. The number of ether oxygens (including phenoxy) is 3. The minimum absolute atomic E-state index is 0.425. The average molecular weight is 257 g/mol. The normalized spacial score (nSPS) is 13.0. The highest BCUT2D eigenvalue weighted by Crippen LogP contribution is 2.06. The van der Waals surface area contributed by atoms with Gasteiger partial charge in [0.1, 0.15) is 0 Å². The Balaban J connectivity index is 4.17. The van der Waals surface area contributed by atoms with Crippen molar-refractivity contribution >= 4 is 6.09 Å². The lowest BCUT2D eigenvalue weighted by Gasteiger charge is -2.20. The first-order valence-corrected chi connectivity index (χ1v) is 6.17. The van der Waals surface area contributed by atoms with Crippen molar-refractivity contribution in [3.05, 3.63) is 25.7 Å². The average Bonchev–Trinajstić information content (AvgIpc) is 2.30. The lowest BCUT2D eigenvalue weighted by molar-refractivity contribution is -0.0698. The molecule has 1 N–H and O–H groups in total. The lowest BCUT2D eigenvalue weighted by Crippen LogP contribution is -2.38. The van der Waals surface area contributed by atoms with Crippen LogP contribution in [0.3, 0.4) is 0 Å². The Kier molecular flexibility index (Phi) is 9.54. The number of carbonyl (C=O) groups excluding carboxylic acids is 1. The maximum Gasteiger partial charge on any atom is 0.413 e. The van der Waals surface area contributed by atoms with Crippen LogP contribution in [0.15, 0.2) is 25.7 Å². The molecule has 0 fully saturated rings. The van der Waals surface area contributed by atoms with Crippen LogP contribution in [0.2, 0.25) is 0 Å².